The second-order valence-electron chi connectivity index (χ2n) is 4.94. The number of ether oxygens (including phenoxy) is 3. The van der Waals surface area contributed by atoms with Crippen LogP contribution in [0.4, 0.5) is 0 Å². The average Bonchev–Trinajstić information content (AvgIpc) is 2.65. The van der Waals surface area contributed by atoms with E-state index in [-0.39, 0.29) is 5.91 Å². The van der Waals surface area contributed by atoms with Gasteiger partial charge in [0.25, 0.3) is 5.91 Å². The van der Waals surface area contributed by atoms with E-state index in [1.54, 1.807) is 42.5 Å². The van der Waals surface area contributed by atoms with Crippen molar-refractivity contribution in [1.82, 2.24) is 5.32 Å². The van der Waals surface area contributed by atoms with Crippen LogP contribution >= 0.6 is 0 Å². The van der Waals surface area contributed by atoms with Crippen molar-refractivity contribution in [1.29, 1.82) is 0 Å². The van der Waals surface area contributed by atoms with Crippen molar-refractivity contribution in [3.63, 3.8) is 0 Å². The molecule has 0 bridgehead atoms. The number of rotatable bonds is 6. The zero-order chi connectivity index (χ0) is 17.5. The fourth-order valence-electron chi connectivity index (χ4n) is 2.15. The molecule has 1 N–H and O–H groups in total. The van der Waals surface area contributed by atoms with Gasteiger partial charge in [0.05, 0.1) is 32.5 Å². The van der Waals surface area contributed by atoms with E-state index in [1.807, 2.05) is 0 Å². The van der Waals surface area contributed by atoms with E-state index in [1.165, 1.54) is 21.3 Å². The molecule has 126 valence electrons. The maximum Gasteiger partial charge on any atom is 0.337 e. The number of benzene rings is 2. The van der Waals surface area contributed by atoms with E-state index in [9.17, 15) is 9.59 Å². The zero-order valence-corrected chi connectivity index (χ0v) is 13.8. The molecule has 6 nitrogen and oxygen atoms in total. The Bertz CT molecular complexity index is 725. The molecule has 0 saturated carbocycles. The highest BCUT2D eigenvalue weighted by Gasteiger charge is 2.13. The summed E-state index contributed by atoms with van der Waals surface area (Å²) in [6.07, 6.45) is 0. The highest BCUT2D eigenvalue weighted by atomic mass is 16.5. The first kappa shape index (κ1) is 17.3. The predicted molar refractivity (Wildman–Crippen MR) is 88.5 cm³/mol. The van der Waals surface area contributed by atoms with Crippen molar-refractivity contribution in [2.45, 2.75) is 6.54 Å². The van der Waals surface area contributed by atoms with Crippen molar-refractivity contribution in [2.75, 3.05) is 21.3 Å². The van der Waals surface area contributed by atoms with E-state index in [2.05, 4.69) is 10.1 Å². The van der Waals surface area contributed by atoms with Gasteiger partial charge in [-0.05, 0) is 35.9 Å². The van der Waals surface area contributed by atoms with E-state index in [0.717, 1.165) is 5.56 Å². The molecule has 2 rings (SSSR count). The molecule has 2 aromatic rings. The minimum atomic E-state index is -0.397. The van der Waals surface area contributed by atoms with Gasteiger partial charge in [0.1, 0.15) is 11.5 Å². The molecule has 0 fully saturated rings. The fraction of sp³-hybridized carbons (Fsp3) is 0.222. The SMILES string of the molecule is COC(=O)c1ccc(CNC(=O)c2cc(OC)ccc2OC)cc1. The smallest absolute Gasteiger partial charge is 0.337 e. The van der Waals surface area contributed by atoms with Gasteiger partial charge in [0.2, 0.25) is 0 Å². The number of hydrogen-bond donors (Lipinski definition) is 1. The standard InChI is InChI=1S/C18H19NO5/c1-22-14-8-9-16(23-2)15(10-14)17(20)19-11-12-4-6-13(7-5-12)18(21)24-3/h4-10H,11H2,1-3H3,(H,19,20). The largest absolute Gasteiger partial charge is 0.497 e. The number of amides is 1. The van der Waals surface area contributed by atoms with Crippen molar-refractivity contribution in [3.05, 3.63) is 59.2 Å². The average molecular weight is 329 g/mol. The summed E-state index contributed by atoms with van der Waals surface area (Å²) in [4.78, 5) is 23.8. The highest BCUT2D eigenvalue weighted by molar-refractivity contribution is 5.97. The molecule has 0 saturated heterocycles. The Balaban J connectivity index is 2.06. The van der Waals surface area contributed by atoms with Crippen LogP contribution in [0, 0.1) is 0 Å². The van der Waals surface area contributed by atoms with Gasteiger partial charge in [-0.15, -0.1) is 0 Å². The highest BCUT2D eigenvalue weighted by Crippen LogP contribution is 2.23. The molecule has 0 aromatic heterocycles. The number of carbonyl (C=O) groups is 2. The van der Waals surface area contributed by atoms with Crippen LogP contribution in [0.2, 0.25) is 0 Å². The lowest BCUT2D eigenvalue weighted by atomic mass is 10.1. The van der Waals surface area contributed by atoms with Gasteiger partial charge in [-0.2, -0.15) is 0 Å². The van der Waals surface area contributed by atoms with Crippen molar-refractivity contribution in [2.24, 2.45) is 0 Å². The van der Waals surface area contributed by atoms with Crippen LogP contribution in [-0.4, -0.2) is 33.2 Å². The quantitative estimate of drug-likeness (QED) is 0.824. The van der Waals surface area contributed by atoms with E-state index < -0.39 is 5.97 Å². The van der Waals surface area contributed by atoms with Gasteiger partial charge < -0.3 is 19.5 Å². The Labute approximate surface area is 140 Å². The summed E-state index contributed by atoms with van der Waals surface area (Å²) in [7, 11) is 4.37. The first-order chi connectivity index (χ1) is 11.6. The summed E-state index contributed by atoms with van der Waals surface area (Å²) >= 11 is 0. The summed E-state index contributed by atoms with van der Waals surface area (Å²) in [5.74, 6) is 0.368. The first-order valence-electron chi connectivity index (χ1n) is 7.26. The van der Waals surface area contributed by atoms with Gasteiger partial charge in [-0.3, -0.25) is 4.79 Å². The third-order valence-corrected chi connectivity index (χ3v) is 3.48. The molecule has 0 aliphatic carbocycles. The third kappa shape index (κ3) is 4.04. The topological polar surface area (TPSA) is 73.9 Å². The number of methoxy groups -OCH3 is 3. The van der Waals surface area contributed by atoms with Crippen molar-refractivity contribution >= 4 is 11.9 Å². The Morgan fingerprint density at radius 2 is 1.67 bits per heavy atom. The maximum atomic E-state index is 12.4. The Morgan fingerprint density at radius 3 is 2.25 bits per heavy atom. The predicted octanol–water partition coefficient (Wildman–Crippen LogP) is 2.42. The summed E-state index contributed by atoms with van der Waals surface area (Å²) in [6, 6.07) is 11.8. The van der Waals surface area contributed by atoms with Crippen LogP contribution in [-0.2, 0) is 11.3 Å². The second-order valence-corrected chi connectivity index (χ2v) is 4.94. The number of esters is 1. The summed E-state index contributed by atoms with van der Waals surface area (Å²) in [5, 5.41) is 2.81. The molecule has 0 atom stereocenters. The third-order valence-electron chi connectivity index (χ3n) is 3.48. The summed E-state index contributed by atoms with van der Waals surface area (Å²) in [6.45, 7) is 0.320. The second kappa shape index (κ2) is 8.01. The molecular weight excluding hydrogens is 310 g/mol. The van der Waals surface area contributed by atoms with E-state index >= 15 is 0 Å². The molecule has 0 unspecified atom stereocenters. The van der Waals surface area contributed by atoms with Crippen LogP contribution in [0.1, 0.15) is 26.3 Å². The minimum absolute atomic E-state index is 0.275. The van der Waals surface area contributed by atoms with Crippen LogP contribution in [0.25, 0.3) is 0 Å². The Morgan fingerprint density at radius 1 is 0.958 bits per heavy atom. The molecule has 24 heavy (non-hydrogen) atoms. The van der Waals surface area contributed by atoms with Crippen molar-refractivity contribution in [3.8, 4) is 11.5 Å². The molecular formula is C18H19NO5. The van der Waals surface area contributed by atoms with Crippen LogP contribution in [0.3, 0.4) is 0 Å². The zero-order valence-electron chi connectivity index (χ0n) is 13.8. The number of nitrogens with one attached hydrogen (secondary N) is 1. The molecule has 0 heterocycles. The Hall–Kier alpha value is -3.02. The van der Waals surface area contributed by atoms with Crippen LogP contribution in [0.5, 0.6) is 11.5 Å². The lowest BCUT2D eigenvalue weighted by Crippen LogP contribution is -2.23. The van der Waals surface area contributed by atoms with Crippen molar-refractivity contribution < 1.29 is 23.8 Å². The molecule has 0 aliphatic rings. The van der Waals surface area contributed by atoms with Gasteiger partial charge in [-0.1, -0.05) is 12.1 Å². The summed E-state index contributed by atoms with van der Waals surface area (Å²) < 4.78 is 15.0. The lowest BCUT2D eigenvalue weighted by molar-refractivity contribution is 0.0600. The van der Waals surface area contributed by atoms with Crippen LogP contribution < -0.4 is 14.8 Å². The molecule has 0 radical (unpaired) electrons. The normalized spacial score (nSPS) is 9.96. The molecule has 0 aliphatic heterocycles. The Kier molecular flexibility index (Phi) is 5.78. The number of carbonyl (C=O) groups excluding carboxylic acids is 2. The number of hydrogen-bond acceptors (Lipinski definition) is 5. The molecule has 1 amide bonds. The first-order valence-corrected chi connectivity index (χ1v) is 7.26. The monoisotopic (exact) mass is 329 g/mol. The van der Waals surface area contributed by atoms with Crippen LogP contribution in [0.15, 0.2) is 42.5 Å². The molecule has 6 heteroatoms. The lowest BCUT2D eigenvalue weighted by Gasteiger charge is -2.11. The van der Waals surface area contributed by atoms with E-state index in [4.69, 9.17) is 9.47 Å². The maximum absolute atomic E-state index is 12.4. The minimum Gasteiger partial charge on any atom is -0.497 e. The molecule has 2 aromatic carbocycles. The van der Waals surface area contributed by atoms with Gasteiger partial charge >= 0.3 is 5.97 Å². The fourth-order valence-corrected chi connectivity index (χ4v) is 2.15. The molecule has 0 spiro atoms. The van der Waals surface area contributed by atoms with Gasteiger partial charge in [0, 0.05) is 6.54 Å². The van der Waals surface area contributed by atoms with E-state index in [0.29, 0.717) is 29.2 Å². The van der Waals surface area contributed by atoms with Gasteiger partial charge in [0.15, 0.2) is 0 Å². The summed E-state index contributed by atoms with van der Waals surface area (Å²) in [5.41, 5.74) is 1.71. The van der Waals surface area contributed by atoms with Gasteiger partial charge in [-0.25, -0.2) is 4.79 Å².